The Balaban J connectivity index is 2.01. The standard InChI is InChI=1S/C35H40N2O9S/c1-18(2)44-29-13-21(14-30(45-19(3)4)34(29)46-20(5)6)12-24(31(35(39)40)22-10-11-25-26(15-22)37-47-36-25)32(38)23-16-27(41-7)33(43-9)28(17-23)42-8/h10-11,13-20H,12H2,1-9H3,(H,39,40). The number of carboxylic acid groups (broad SMARTS) is 1. The number of Topliss-reactive ketones (excluding diaryl/α,β-unsaturated/α-hetero) is 1. The molecule has 3 aromatic carbocycles. The molecule has 4 rings (SSSR count). The van der Waals surface area contributed by atoms with Crippen molar-refractivity contribution in [2.75, 3.05) is 21.3 Å². The summed E-state index contributed by atoms with van der Waals surface area (Å²) in [4.78, 5) is 27.7. The number of fused-ring (bicyclic) bond motifs is 1. The van der Waals surface area contributed by atoms with Gasteiger partial charge >= 0.3 is 5.97 Å². The van der Waals surface area contributed by atoms with Crippen LogP contribution in [0.1, 0.15) is 63.0 Å². The second-order valence-corrected chi connectivity index (χ2v) is 12.0. The van der Waals surface area contributed by atoms with E-state index < -0.39 is 11.8 Å². The fourth-order valence-corrected chi connectivity index (χ4v) is 5.52. The molecular weight excluding hydrogens is 624 g/mol. The normalized spacial score (nSPS) is 11.9. The summed E-state index contributed by atoms with van der Waals surface area (Å²) in [6.07, 6.45) is -0.711. The number of rotatable bonds is 15. The highest BCUT2D eigenvalue weighted by molar-refractivity contribution is 7.00. The molecule has 0 radical (unpaired) electrons. The Hall–Kier alpha value is -4.84. The number of aliphatic carboxylic acids is 1. The number of carbonyl (C=O) groups excluding carboxylic acids is 1. The molecule has 11 nitrogen and oxygen atoms in total. The molecule has 12 heteroatoms. The molecule has 0 unspecified atom stereocenters. The zero-order chi connectivity index (χ0) is 34.4. The molecule has 1 aromatic heterocycles. The third-order valence-corrected chi connectivity index (χ3v) is 7.36. The summed E-state index contributed by atoms with van der Waals surface area (Å²) in [7, 11) is 4.34. The van der Waals surface area contributed by atoms with E-state index in [9.17, 15) is 14.7 Å². The van der Waals surface area contributed by atoms with Gasteiger partial charge in [-0.1, -0.05) is 6.07 Å². The van der Waals surface area contributed by atoms with Crippen LogP contribution in [0.2, 0.25) is 0 Å². The lowest BCUT2D eigenvalue weighted by Gasteiger charge is -2.23. The lowest BCUT2D eigenvalue weighted by molar-refractivity contribution is -0.130. The minimum Gasteiger partial charge on any atom is -0.493 e. The van der Waals surface area contributed by atoms with Crippen molar-refractivity contribution in [1.29, 1.82) is 0 Å². The fourth-order valence-electron chi connectivity index (χ4n) is 5.00. The van der Waals surface area contributed by atoms with Crippen LogP contribution in [0.3, 0.4) is 0 Å². The highest BCUT2D eigenvalue weighted by atomic mass is 32.1. The maximum absolute atomic E-state index is 14.6. The predicted molar refractivity (Wildman–Crippen MR) is 180 cm³/mol. The Morgan fingerprint density at radius 3 is 1.72 bits per heavy atom. The molecule has 47 heavy (non-hydrogen) atoms. The molecule has 0 saturated carbocycles. The van der Waals surface area contributed by atoms with Gasteiger partial charge in [0.2, 0.25) is 11.5 Å². The highest BCUT2D eigenvalue weighted by Crippen LogP contribution is 2.43. The third kappa shape index (κ3) is 8.12. The number of benzene rings is 3. The first-order chi connectivity index (χ1) is 22.4. The third-order valence-electron chi connectivity index (χ3n) is 6.80. The Morgan fingerprint density at radius 2 is 1.23 bits per heavy atom. The number of methoxy groups -OCH3 is 3. The van der Waals surface area contributed by atoms with E-state index in [1.807, 2.05) is 41.5 Å². The van der Waals surface area contributed by atoms with Crippen LogP contribution in [0.4, 0.5) is 0 Å². The van der Waals surface area contributed by atoms with Gasteiger partial charge in [-0.15, -0.1) is 0 Å². The van der Waals surface area contributed by atoms with Crippen LogP contribution in [0.5, 0.6) is 34.5 Å². The number of ketones is 1. The molecular formula is C35H40N2O9S. The number of ether oxygens (including phenoxy) is 6. The summed E-state index contributed by atoms with van der Waals surface area (Å²) in [5.74, 6) is 0.185. The second-order valence-electron chi connectivity index (χ2n) is 11.5. The Labute approximate surface area is 278 Å². The van der Waals surface area contributed by atoms with E-state index in [4.69, 9.17) is 28.4 Å². The number of allylic oxidation sites excluding steroid dienone is 1. The molecule has 0 fully saturated rings. The predicted octanol–water partition coefficient (Wildman–Crippen LogP) is 7.04. The average molecular weight is 665 g/mol. The summed E-state index contributed by atoms with van der Waals surface area (Å²) in [6, 6.07) is 11.4. The van der Waals surface area contributed by atoms with E-state index in [0.29, 0.717) is 45.2 Å². The average Bonchev–Trinajstić information content (AvgIpc) is 3.48. The van der Waals surface area contributed by atoms with Gasteiger partial charge in [0.25, 0.3) is 0 Å². The molecule has 0 aliphatic rings. The van der Waals surface area contributed by atoms with Crippen LogP contribution in [0.15, 0.2) is 48.0 Å². The molecule has 0 saturated heterocycles. The van der Waals surface area contributed by atoms with E-state index in [2.05, 4.69) is 8.75 Å². The van der Waals surface area contributed by atoms with Crippen molar-refractivity contribution in [2.45, 2.75) is 66.3 Å². The van der Waals surface area contributed by atoms with Gasteiger partial charge in [0.1, 0.15) is 11.0 Å². The quantitative estimate of drug-likeness (QED) is 0.104. The van der Waals surface area contributed by atoms with Crippen molar-refractivity contribution in [3.8, 4) is 34.5 Å². The maximum Gasteiger partial charge on any atom is 0.336 e. The molecule has 1 heterocycles. The van der Waals surface area contributed by atoms with Gasteiger partial charge in [-0.2, -0.15) is 8.75 Å². The molecule has 4 aromatic rings. The van der Waals surface area contributed by atoms with Crippen LogP contribution in [0, 0.1) is 0 Å². The molecule has 0 bridgehead atoms. The SMILES string of the molecule is COc1cc(C(=O)C(Cc2cc(OC(C)C)c(OC(C)C)c(OC(C)C)c2)=C(C(=O)O)c2ccc3nsnc3c2)cc(OC)c1OC. The van der Waals surface area contributed by atoms with Crippen molar-refractivity contribution >= 4 is 40.1 Å². The van der Waals surface area contributed by atoms with E-state index in [1.54, 1.807) is 30.3 Å². The molecule has 0 spiro atoms. The summed E-state index contributed by atoms with van der Waals surface area (Å²) >= 11 is 1.02. The number of carbonyl (C=O) groups is 2. The van der Waals surface area contributed by atoms with Gasteiger partial charge in [0.15, 0.2) is 28.8 Å². The molecule has 0 atom stereocenters. The maximum atomic E-state index is 14.6. The fraction of sp³-hybridized carbons (Fsp3) is 0.371. The number of hydrogen-bond donors (Lipinski definition) is 1. The molecule has 0 amide bonds. The van der Waals surface area contributed by atoms with Crippen molar-refractivity contribution in [3.63, 3.8) is 0 Å². The van der Waals surface area contributed by atoms with Crippen LogP contribution < -0.4 is 28.4 Å². The first-order valence-corrected chi connectivity index (χ1v) is 15.8. The van der Waals surface area contributed by atoms with Crippen molar-refractivity contribution in [1.82, 2.24) is 8.75 Å². The first-order valence-electron chi connectivity index (χ1n) is 15.1. The second kappa shape index (κ2) is 15.2. The zero-order valence-corrected chi connectivity index (χ0v) is 28.8. The Morgan fingerprint density at radius 1 is 0.681 bits per heavy atom. The van der Waals surface area contributed by atoms with Gasteiger partial charge < -0.3 is 33.5 Å². The zero-order valence-electron chi connectivity index (χ0n) is 28.0. The number of carboxylic acids is 1. The number of aromatic nitrogens is 2. The smallest absolute Gasteiger partial charge is 0.336 e. The van der Waals surface area contributed by atoms with Crippen LogP contribution in [0.25, 0.3) is 16.6 Å². The monoisotopic (exact) mass is 664 g/mol. The van der Waals surface area contributed by atoms with Gasteiger partial charge in [0.05, 0.1) is 56.9 Å². The van der Waals surface area contributed by atoms with E-state index in [0.717, 1.165) is 11.7 Å². The Kier molecular flexibility index (Phi) is 11.3. The molecule has 0 aliphatic carbocycles. The topological polar surface area (TPSA) is 136 Å². The minimum absolute atomic E-state index is 0.00201. The molecule has 0 aliphatic heterocycles. The highest BCUT2D eigenvalue weighted by Gasteiger charge is 2.28. The summed E-state index contributed by atoms with van der Waals surface area (Å²) in [5.41, 5.74) is 1.94. The number of nitrogens with zero attached hydrogens (tertiary/aromatic N) is 2. The van der Waals surface area contributed by atoms with Crippen molar-refractivity contribution in [2.24, 2.45) is 0 Å². The summed E-state index contributed by atoms with van der Waals surface area (Å²) in [6.45, 7) is 11.4. The molecule has 1 N–H and O–H groups in total. The summed E-state index contributed by atoms with van der Waals surface area (Å²) in [5, 5.41) is 10.7. The molecule has 250 valence electrons. The minimum atomic E-state index is -1.29. The van der Waals surface area contributed by atoms with Gasteiger partial charge in [-0.25, -0.2) is 4.79 Å². The van der Waals surface area contributed by atoms with Gasteiger partial charge in [0, 0.05) is 17.6 Å². The van der Waals surface area contributed by atoms with E-state index in [-0.39, 0.29) is 52.9 Å². The van der Waals surface area contributed by atoms with Crippen molar-refractivity contribution < 1.29 is 43.1 Å². The lowest BCUT2D eigenvalue weighted by atomic mass is 9.89. The summed E-state index contributed by atoms with van der Waals surface area (Å²) < 4.78 is 43.4. The largest absolute Gasteiger partial charge is 0.493 e. The van der Waals surface area contributed by atoms with E-state index in [1.165, 1.54) is 33.5 Å². The first kappa shape index (κ1) is 35.0. The van der Waals surface area contributed by atoms with Crippen LogP contribution >= 0.6 is 11.7 Å². The number of hydrogen-bond acceptors (Lipinski definition) is 11. The van der Waals surface area contributed by atoms with E-state index >= 15 is 0 Å². The van der Waals surface area contributed by atoms with Crippen molar-refractivity contribution in [3.05, 3.63) is 64.7 Å². The van der Waals surface area contributed by atoms with Crippen LogP contribution in [-0.4, -0.2) is 65.2 Å². The Bertz CT molecular complexity index is 1740. The van der Waals surface area contributed by atoms with Gasteiger partial charge in [-0.05, 0) is 89.1 Å². The van der Waals surface area contributed by atoms with Crippen LogP contribution in [-0.2, 0) is 11.2 Å². The lowest BCUT2D eigenvalue weighted by Crippen LogP contribution is -2.16. The van der Waals surface area contributed by atoms with Gasteiger partial charge in [-0.3, -0.25) is 4.79 Å².